The van der Waals surface area contributed by atoms with Crippen LogP contribution in [0.4, 0.5) is 23.4 Å². The summed E-state index contributed by atoms with van der Waals surface area (Å²) < 4.78 is 65.0. The van der Waals surface area contributed by atoms with Crippen molar-refractivity contribution >= 4 is 5.82 Å². The lowest BCUT2D eigenvalue weighted by Crippen LogP contribution is -2.53. The van der Waals surface area contributed by atoms with Gasteiger partial charge in [-0.15, -0.1) is 0 Å². The lowest BCUT2D eigenvalue weighted by molar-refractivity contribution is -0.167. The molecule has 0 atom stereocenters. The van der Waals surface area contributed by atoms with Crippen molar-refractivity contribution in [3.8, 4) is 17.2 Å². The molecule has 0 N–H and O–H groups in total. The lowest BCUT2D eigenvalue weighted by atomic mass is 10.1. The number of anilines is 1. The fourth-order valence-electron chi connectivity index (χ4n) is 3.76. The second kappa shape index (κ2) is 9.82. The molecule has 0 aliphatic carbocycles. The van der Waals surface area contributed by atoms with Crippen LogP contribution >= 0.6 is 0 Å². The van der Waals surface area contributed by atoms with Crippen molar-refractivity contribution < 1.29 is 27.0 Å². The molecule has 3 heterocycles. The van der Waals surface area contributed by atoms with Gasteiger partial charge in [0.1, 0.15) is 35.3 Å². The first-order valence-electron chi connectivity index (χ1n) is 10.9. The van der Waals surface area contributed by atoms with Crippen LogP contribution in [0.2, 0.25) is 0 Å². The van der Waals surface area contributed by atoms with Crippen molar-refractivity contribution in [2.75, 3.05) is 18.0 Å². The summed E-state index contributed by atoms with van der Waals surface area (Å²) in [5.74, 6) is 0.0389. The van der Waals surface area contributed by atoms with Crippen LogP contribution in [-0.4, -0.2) is 45.1 Å². The third-order valence-corrected chi connectivity index (χ3v) is 5.62. The molecule has 0 unspecified atom stereocenters. The van der Waals surface area contributed by atoms with E-state index in [4.69, 9.17) is 4.74 Å². The fourth-order valence-corrected chi connectivity index (χ4v) is 3.76. The maximum atomic E-state index is 13.9. The Hall–Kier alpha value is -4.19. The zero-order valence-electron chi connectivity index (χ0n) is 18.6. The predicted octanol–water partition coefficient (Wildman–Crippen LogP) is 3.98. The van der Waals surface area contributed by atoms with Gasteiger partial charge < -0.3 is 14.4 Å². The molecule has 1 aliphatic heterocycles. The summed E-state index contributed by atoms with van der Waals surface area (Å²) in [6, 6.07) is 13.3. The van der Waals surface area contributed by atoms with Crippen LogP contribution < -0.4 is 15.3 Å². The molecule has 1 fully saturated rings. The molecular weight excluding hydrogens is 482 g/mol. The van der Waals surface area contributed by atoms with Crippen molar-refractivity contribution in [2.45, 2.75) is 19.3 Å². The minimum Gasteiger partial charge on any atom is -0.457 e. The first-order chi connectivity index (χ1) is 17.4. The summed E-state index contributed by atoms with van der Waals surface area (Å²) in [5, 5.41) is 4.04. The van der Waals surface area contributed by atoms with Crippen molar-refractivity contribution in [1.29, 1.82) is 0 Å². The van der Waals surface area contributed by atoms with Gasteiger partial charge in [-0.1, -0.05) is 6.07 Å². The number of halogens is 4. The third kappa shape index (κ3) is 4.93. The number of hydrogen-bond donors (Lipinski definition) is 0. The predicted molar refractivity (Wildman–Crippen MR) is 121 cm³/mol. The highest BCUT2D eigenvalue weighted by atomic mass is 19.3. The Labute approximate surface area is 201 Å². The van der Waals surface area contributed by atoms with Crippen LogP contribution in [0.15, 0.2) is 71.9 Å². The first kappa shape index (κ1) is 23.5. The van der Waals surface area contributed by atoms with E-state index in [0.717, 1.165) is 21.4 Å². The molecule has 5 rings (SSSR count). The Kier molecular flexibility index (Phi) is 6.42. The molecule has 4 aromatic rings. The van der Waals surface area contributed by atoms with Crippen LogP contribution in [0.25, 0.3) is 5.69 Å². The summed E-state index contributed by atoms with van der Waals surface area (Å²) in [6.07, 6.45) is 2.22. The molecule has 0 bridgehead atoms. The fraction of sp³-hybridized carbons (Fsp3) is 0.208. The van der Waals surface area contributed by atoms with Crippen LogP contribution in [0, 0.1) is 11.6 Å². The number of alkyl halides is 2. The van der Waals surface area contributed by atoms with Gasteiger partial charge in [0, 0.05) is 30.9 Å². The third-order valence-electron chi connectivity index (χ3n) is 5.62. The Morgan fingerprint density at radius 3 is 2.42 bits per heavy atom. The highest BCUT2D eigenvalue weighted by molar-refractivity contribution is 5.48. The molecule has 12 heteroatoms. The number of pyridine rings is 1. The van der Waals surface area contributed by atoms with Gasteiger partial charge >= 0.3 is 12.3 Å². The molecule has 2 aromatic heterocycles. The summed E-state index contributed by atoms with van der Waals surface area (Å²) in [4.78, 5) is 18.7. The van der Waals surface area contributed by atoms with Crippen LogP contribution in [0.3, 0.4) is 0 Å². The van der Waals surface area contributed by atoms with E-state index in [1.54, 1.807) is 47.5 Å². The van der Waals surface area contributed by atoms with Crippen LogP contribution in [0.1, 0.15) is 5.56 Å². The molecule has 0 spiro atoms. The van der Waals surface area contributed by atoms with E-state index in [1.165, 1.54) is 12.4 Å². The second-order valence-electron chi connectivity index (χ2n) is 8.02. The van der Waals surface area contributed by atoms with E-state index >= 15 is 0 Å². The maximum Gasteiger partial charge on any atom is 0.350 e. The molecule has 186 valence electrons. The average molecular weight is 501 g/mol. The number of ether oxygens (including phenoxy) is 2. The van der Waals surface area contributed by atoms with Gasteiger partial charge in [0.25, 0.3) is 0 Å². The van der Waals surface area contributed by atoms with Gasteiger partial charge in [-0.2, -0.15) is 18.6 Å². The Morgan fingerprint density at radius 1 is 1.00 bits per heavy atom. The van der Waals surface area contributed by atoms with Crippen molar-refractivity contribution in [3.63, 3.8) is 0 Å². The largest absolute Gasteiger partial charge is 0.457 e. The van der Waals surface area contributed by atoms with Gasteiger partial charge in [-0.25, -0.2) is 18.6 Å². The number of benzene rings is 2. The second-order valence-corrected chi connectivity index (χ2v) is 8.02. The van der Waals surface area contributed by atoms with Gasteiger partial charge in [0.2, 0.25) is 0 Å². The van der Waals surface area contributed by atoms with E-state index < -0.39 is 30.0 Å². The summed E-state index contributed by atoms with van der Waals surface area (Å²) >= 11 is 0. The Morgan fingerprint density at radius 2 is 1.72 bits per heavy atom. The summed E-state index contributed by atoms with van der Waals surface area (Å²) in [6.45, 7) is -2.49. The highest BCUT2D eigenvalue weighted by Gasteiger charge is 2.31. The topological polar surface area (TPSA) is 74.4 Å². The van der Waals surface area contributed by atoms with E-state index in [1.807, 2.05) is 0 Å². The molecule has 36 heavy (non-hydrogen) atoms. The minimum absolute atomic E-state index is 0.227. The summed E-state index contributed by atoms with van der Waals surface area (Å²) in [5.41, 5.74) is -0.357. The molecular formula is C24H19F4N5O3. The van der Waals surface area contributed by atoms with Gasteiger partial charge in [0.05, 0.1) is 18.3 Å². The lowest BCUT2D eigenvalue weighted by Gasteiger charge is -2.39. The molecule has 8 nitrogen and oxygen atoms in total. The number of rotatable bonds is 8. The maximum absolute atomic E-state index is 13.9. The normalized spacial score (nSPS) is 13.8. The van der Waals surface area contributed by atoms with Gasteiger partial charge in [0.15, 0.2) is 0 Å². The van der Waals surface area contributed by atoms with Crippen molar-refractivity contribution in [2.24, 2.45) is 0 Å². The number of nitrogens with zero attached hydrogens (tertiary/aromatic N) is 5. The molecule has 0 amide bonds. The minimum atomic E-state index is -2.80. The van der Waals surface area contributed by atoms with Crippen LogP contribution in [-0.2, 0) is 11.3 Å². The van der Waals surface area contributed by atoms with Crippen molar-refractivity contribution in [3.05, 3.63) is 94.8 Å². The zero-order chi connectivity index (χ0) is 25.2. The SMILES string of the molecule is O=c1n(Cc2c(F)cccc2F)cnn1-c1ccc(Oc2ccnc(N3CC(OC(F)F)C3)c2)cc1. The monoisotopic (exact) mass is 501 g/mol. The molecule has 0 saturated carbocycles. The Bertz CT molecular complexity index is 1400. The standard InChI is InChI=1S/C24H19F4N5O3/c25-20-2-1-3-21(26)19(20)13-32-14-30-33(24(32)34)15-4-6-16(7-5-15)35-17-8-9-29-22(10-17)31-11-18(12-31)36-23(27)28/h1-10,14,18,23H,11-13H2. The van der Waals surface area contributed by atoms with E-state index in [0.29, 0.717) is 36.1 Å². The van der Waals surface area contributed by atoms with Crippen molar-refractivity contribution in [1.82, 2.24) is 19.3 Å². The quantitative estimate of drug-likeness (QED) is 0.340. The smallest absolute Gasteiger partial charge is 0.350 e. The van der Waals surface area contributed by atoms with Gasteiger partial charge in [-0.05, 0) is 42.5 Å². The molecule has 2 aromatic carbocycles. The van der Waals surface area contributed by atoms with Crippen LogP contribution in [0.5, 0.6) is 11.5 Å². The van der Waals surface area contributed by atoms with Gasteiger partial charge in [-0.3, -0.25) is 4.57 Å². The Balaban J connectivity index is 1.26. The molecule has 1 aliphatic rings. The summed E-state index contributed by atoms with van der Waals surface area (Å²) in [7, 11) is 0. The number of hydrogen-bond acceptors (Lipinski definition) is 6. The number of aromatic nitrogens is 4. The molecule has 1 saturated heterocycles. The van der Waals surface area contributed by atoms with E-state index in [9.17, 15) is 22.4 Å². The van der Waals surface area contributed by atoms with E-state index in [-0.39, 0.29) is 12.1 Å². The van der Waals surface area contributed by atoms with E-state index in [2.05, 4.69) is 14.8 Å². The highest BCUT2D eigenvalue weighted by Crippen LogP contribution is 2.28. The first-order valence-corrected chi connectivity index (χ1v) is 10.9. The molecule has 0 radical (unpaired) electrons. The average Bonchev–Trinajstić information content (AvgIpc) is 3.19. The zero-order valence-corrected chi connectivity index (χ0v) is 18.6.